The van der Waals surface area contributed by atoms with Crippen molar-refractivity contribution in [1.82, 2.24) is 0 Å². The van der Waals surface area contributed by atoms with Crippen LogP contribution in [-0.4, -0.2) is 38.0 Å². The Morgan fingerprint density at radius 2 is 1.94 bits per heavy atom. The Bertz CT molecular complexity index is 216. The second-order valence-corrected chi connectivity index (χ2v) is 4.19. The van der Waals surface area contributed by atoms with Crippen molar-refractivity contribution >= 4 is 5.97 Å². The zero-order valence-corrected chi connectivity index (χ0v) is 10.6. The molecule has 4 nitrogen and oxygen atoms in total. The molecule has 94 valence electrons. The molecule has 0 spiro atoms. The second-order valence-electron chi connectivity index (χ2n) is 4.19. The molecule has 16 heavy (non-hydrogen) atoms. The summed E-state index contributed by atoms with van der Waals surface area (Å²) < 4.78 is 15.4. The molecular formula is C12H22O4. The number of hydrogen-bond donors (Lipinski definition) is 0. The van der Waals surface area contributed by atoms with E-state index in [4.69, 9.17) is 14.2 Å². The molecule has 0 rings (SSSR count). The molecule has 0 radical (unpaired) electrons. The number of ether oxygens (including phenoxy) is 3. The third-order valence-electron chi connectivity index (χ3n) is 1.52. The molecule has 0 saturated carbocycles. The first kappa shape index (κ1) is 15.1. The summed E-state index contributed by atoms with van der Waals surface area (Å²) in [5.41, 5.74) is -0.135. The summed E-state index contributed by atoms with van der Waals surface area (Å²) in [5.74, 6) is -0.336. The summed E-state index contributed by atoms with van der Waals surface area (Å²) in [7, 11) is 0. The minimum atomic E-state index is -0.336. The van der Waals surface area contributed by atoms with Crippen LogP contribution in [0.1, 0.15) is 27.7 Å². The predicted octanol–water partition coefficient (Wildman–Crippen LogP) is 1.94. The summed E-state index contributed by atoms with van der Waals surface area (Å²) in [6, 6.07) is 0. The Morgan fingerprint density at radius 3 is 2.50 bits per heavy atom. The van der Waals surface area contributed by atoms with Crippen LogP contribution in [0.4, 0.5) is 0 Å². The van der Waals surface area contributed by atoms with Gasteiger partial charge in [0.1, 0.15) is 0 Å². The van der Waals surface area contributed by atoms with Gasteiger partial charge in [0.15, 0.2) is 0 Å². The molecule has 0 unspecified atom stereocenters. The van der Waals surface area contributed by atoms with Crippen molar-refractivity contribution in [1.29, 1.82) is 0 Å². The SMILES string of the molecule is CCOC(=O)/C=C/COCCOC(C)(C)C. The van der Waals surface area contributed by atoms with Gasteiger partial charge in [-0.1, -0.05) is 6.08 Å². The highest BCUT2D eigenvalue weighted by molar-refractivity contribution is 5.81. The van der Waals surface area contributed by atoms with E-state index in [9.17, 15) is 4.79 Å². The van der Waals surface area contributed by atoms with Crippen molar-refractivity contribution in [2.75, 3.05) is 26.4 Å². The fourth-order valence-electron chi connectivity index (χ4n) is 0.893. The number of carbonyl (C=O) groups excluding carboxylic acids is 1. The molecule has 0 fully saturated rings. The highest BCUT2D eigenvalue weighted by atomic mass is 16.5. The standard InChI is InChI=1S/C12H22O4/c1-5-15-11(13)7-6-8-14-9-10-16-12(2,3)4/h6-7H,5,8-10H2,1-4H3/b7-6+. The van der Waals surface area contributed by atoms with Gasteiger partial charge in [0, 0.05) is 6.08 Å². The average Bonchev–Trinajstić information content (AvgIpc) is 2.15. The molecule has 0 aromatic rings. The first-order valence-electron chi connectivity index (χ1n) is 5.50. The predicted molar refractivity (Wildman–Crippen MR) is 62.3 cm³/mol. The van der Waals surface area contributed by atoms with Gasteiger partial charge in [0.05, 0.1) is 32.0 Å². The molecule has 0 amide bonds. The van der Waals surface area contributed by atoms with E-state index in [0.717, 1.165) is 0 Å². The van der Waals surface area contributed by atoms with Crippen molar-refractivity contribution in [3.63, 3.8) is 0 Å². The lowest BCUT2D eigenvalue weighted by atomic mass is 10.2. The largest absolute Gasteiger partial charge is 0.463 e. The first-order chi connectivity index (χ1) is 7.45. The van der Waals surface area contributed by atoms with Crippen LogP contribution in [0.3, 0.4) is 0 Å². The van der Waals surface area contributed by atoms with E-state index >= 15 is 0 Å². The van der Waals surface area contributed by atoms with Gasteiger partial charge in [-0.15, -0.1) is 0 Å². The number of carbonyl (C=O) groups is 1. The van der Waals surface area contributed by atoms with Gasteiger partial charge in [-0.3, -0.25) is 0 Å². The molecule has 0 heterocycles. The van der Waals surface area contributed by atoms with Gasteiger partial charge in [-0.05, 0) is 27.7 Å². The van der Waals surface area contributed by atoms with E-state index < -0.39 is 0 Å². The van der Waals surface area contributed by atoms with Crippen LogP contribution in [0.25, 0.3) is 0 Å². The van der Waals surface area contributed by atoms with Gasteiger partial charge in [0.2, 0.25) is 0 Å². The number of esters is 1. The van der Waals surface area contributed by atoms with E-state index in [1.165, 1.54) is 6.08 Å². The van der Waals surface area contributed by atoms with Crippen LogP contribution >= 0.6 is 0 Å². The fraction of sp³-hybridized carbons (Fsp3) is 0.750. The van der Waals surface area contributed by atoms with Crippen LogP contribution in [0, 0.1) is 0 Å². The van der Waals surface area contributed by atoms with Crippen molar-refractivity contribution < 1.29 is 19.0 Å². The Morgan fingerprint density at radius 1 is 1.25 bits per heavy atom. The van der Waals surface area contributed by atoms with Gasteiger partial charge in [-0.25, -0.2) is 4.79 Å². The van der Waals surface area contributed by atoms with E-state index in [1.54, 1.807) is 13.0 Å². The molecule has 0 bridgehead atoms. The zero-order chi connectivity index (χ0) is 12.4. The maximum Gasteiger partial charge on any atom is 0.330 e. The summed E-state index contributed by atoms with van der Waals surface area (Å²) in [4.78, 5) is 10.9. The van der Waals surface area contributed by atoms with Gasteiger partial charge in [0.25, 0.3) is 0 Å². The summed E-state index contributed by atoms with van der Waals surface area (Å²) in [6.45, 7) is 9.61. The van der Waals surface area contributed by atoms with E-state index in [-0.39, 0.29) is 11.6 Å². The highest BCUT2D eigenvalue weighted by Crippen LogP contribution is 2.05. The molecule has 0 aliphatic carbocycles. The molecule has 0 aliphatic rings. The quantitative estimate of drug-likeness (QED) is 0.381. The van der Waals surface area contributed by atoms with Crippen LogP contribution in [0.15, 0.2) is 12.2 Å². The molecule has 4 heteroatoms. The van der Waals surface area contributed by atoms with Gasteiger partial charge in [-0.2, -0.15) is 0 Å². The summed E-state index contributed by atoms with van der Waals surface area (Å²) in [6.07, 6.45) is 3.00. The van der Waals surface area contributed by atoms with Crippen LogP contribution in [-0.2, 0) is 19.0 Å². The first-order valence-corrected chi connectivity index (χ1v) is 5.50. The van der Waals surface area contributed by atoms with Crippen molar-refractivity contribution in [2.24, 2.45) is 0 Å². The molecule has 0 aromatic heterocycles. The van der Waals surface area contributed by atoms with Crippen LogP contribution in [0.2, 0.25) is 0 Å². The second kappa shape index (κ2) is 8.30. The van der Waals surface area contributed by atoms with Crippen molar-refractivity contribution in [2.45, 2.75) is 33.3 Å². The van der Waals surface area contributed by atoms with E-state index in [0.29, 0.717) is 26.4 Å². The highest BCUT2D eigenvalue weighted by Gasteiger charge is 2.08. The molecular weight excluding hydrogens is 208 g/mol. The number of hydrogen-bond acceptors (Lipinski definition) is 4. The Kier molecular flexibility index (Phi) is 7.85. The molecule has 0 aromatic carbocycles. The topological polar surface area (TPSA) is 44.8 Å². The summed E-state index contributed by atoms with van der Waals surface area (Å²) >= 11 is 0. The monoisotopic (exact) mass is 230 g/mol. The van der Waals surface area contributed by atoms with E-state index in [2.05, 4.69) is 0 Å². The molecule has 0 saturated heterocycles. The summed E-state index contributed by atoms with van der Waals surface area (Å²) in [5, 5.41) is 0. The lowest BCUT2D eigenvalue weighted by molar-refractivity contribution is -0.137. The Labute approximate surface area is 97.6 Å². The van der Waals surface area contributed by atoms with Crippen LogP contribution in [0.5, 0.6) is 0 Å². The fourth-order valence-corrected chi connectivity index (χ4v) is 0.893. The average molecular weight is 230 g/mol. The lowest BCUT2D eigenvalue weighted by Crippen LogP contribution is -2.21. The van der Waals surface area contributed by atoms with Crippen molar-refractivity contribution in [3.05, 3.63) is 12.2 Å². The minimum Gasteiger partial charge on any atom is -0.463 e. The van der Waals surface area contributed by atoms with Gasteiger partial charge >= 0.3 is 5.97 Å². The third kappa shape index (κ3) is 11.2. The van der Waals surface area contributed by atoms with Crippen LogP contribution < -0.4 is 0 Å². The third-order valence-corrected chi connectivity index (χ3v) is 1.52. The number of rotatable bonds is 7. The van der Waals surface area contributed by atoms with Crippen molar-refractivity contribution in [3.8, 4) is 0 Å². The molecule has 0 N–H and O–H groups in total. The zero-order valence-electron chi connectivity index (χ0n) is 10.6. The maximum absolute atomic E-state index is 10.9. The Hall–Kier alpha value is -0.870. The lowest BCUT2D eigenvalue weighted by Gasteiger charge is -2.19. The maximum atomic E-state index is 10.9. The Balaban J connectivity index is 3.37. The molecule has 0 aliphatic heterocycles. The van der Waals surface area contributed by atoms with E-state index in [1.807, 2.05) is 20.8 Å². The minimum absolute atomic E-state index is 0.135. The normalized spacial score (nSPS) is 12.0. The smallest absolute Gasteiger partial charge is 0.330 e. The van der Waals surface area contributed by atoms with Gasteiger partial charge < -0.3 is 14.2 Å². The molecule has 0 atom stereocenters.